The van der Waals surface area contributed by atoms with Gasteiger partial charge in [0, 0.05) is 17.1 Å². The lowest BCUT2D eigenvalue weighted by Gasteiger charge is -2.19. The van der Waals surface area contributed by atoms with Gasteiger partial charge in [0.2, 0.25) is 0 Å². The number of nitro groups is 3. The van der Waals surface area contributed by atoms with E-state index in [2.05, 4.69) is 0 Å². The zero-order valence-corrected chi connectivity index (χ0v) is 7.55. The van der Waals surface area contributed by atoms with Crippen molar-refractivity contribution in [3.8, 4) is 0 Å². The predicted octanol–water partition coefficient (Wildman–Crippen LogP) is -0.673. The molecule has 0 saturated heterocycles. The Bertz CT molecular complexity index is 428. The molecular weight excluding hydrogens is 226 g/mol. The molecule has 0 aromatic rings. The van der Waals surface area contributed by atoms with Crippen molar-refractivity contribution in [2.45, 2.75) is 11.8 Å². The highest BCUT2D eigenvalue weighted by atomic mass is 16.7. The maximum Gasteiger partial charge on any atom is 0.420 e. The number of rotatable bonds is 3. The molecule has 1 aliphatic carbocycles. The van der Waals surface area contributed by atoms with Crippen LogP contribution in [0.15, 0.2) is 23.9 Å². The molecule has 1 rings (SSSR count). The van der Waals surface area contributed by atoms with Gasteiger partial charge in [-0.05, 0) is 6.08 Å². The van der Waals surface area contributed by atoms with Crippen LogP contribution in [0.3, 0.4) is 0 Å². The molecule has 10 heteroatoms. The van der Waals surface area contributed by atoms with E-state index in [0.717, 1.165) is 12.2 Å². The third-order valence-corrected chi connectivity index (χ3v) is 2.01. The molecular formula is C6H5N3O7. The van der Waals surface area contributed by atoms with Crippen molar-refractivity contribution in [3.05, 3.63) is 54.3 Å². The number of aliphatic hydroxyl groups is 1. The fourth-order valence-corrected chi connectivity index (χ4v) is 1.27. The molecule has 0 saturated carbocycles. The van der Waals surface area contributed by atoms with E-state index in [0.29, 0.717) is 6.08 Å². The molecule has 10 nitrogen and oxygen atoms in total. The zero-order chi connectivity index (χ0) is 12.5. The summed E-state index contributed by atoms with van der Waals surface area (Å²) in [5.74, 6) is 0. The second-order valence-electron chi connectivity index (χ2n) is 2.94. The molecule has 0 heterocycles. The van der Waals surface area contributed by atoms with Gasteiger partial charge < -0.3 is 5.11 Å². The maximum absolute atomic E-state index is 10.6. The Morgan fingerprint density at radius 2 is 1.81 bits per heavy atom. The Kier molecular flexibility index (Phi) is 2.68. The van der Waals surface area contributed by atoms with Crippen LogP contribution < -0.4 is 0 Å². The lowest BCUT2D eigenvalue weighted by Crippen LogP contribution is -2.54. The molecule has 86 valence electrons. The van der Waals surface area contributed by atoms with Gasteiger partial charge in [-0.1, -0.05) is 0 Å². The second kappa shape index (κ2) is 3.66. The fourth-order valence-electron chi connectivity index (χ4n) is 1.27. The quantitative estimate of drug-likeness (QED) is 0.384. The van der Waals surface area contributed by atoms with Crippen LogP contribution in [0.2, 0.25) is 0 Å². The van der Waals surface area contributed by atoms with Gasteiger partial charge in [-0.15, -0.1) is 0 Å². The number of nitrogens with zero attached hydrogens (tertiary/aromatic N) is 3. The van der Waals surface area contributed by atoms with Crippen LogP contribution in [-0.2, 0) is 0 Å². The van der Waals surface area contributed by atoms with Crippen LogP contribution in [0.1, 0.15) is 0 Å². The molecule has 0 radical (unpaired) electrons. The summed E-state index contributed by atoms with van der Waals surface area (Å²) in [4.78, 5) is 27.8. The van der Waals surface area contributed by atoms with Gasteiger partial charge in [-0.3, -0.25) is 30.3 Å². The Balaban J connectivity index is 3.32. The average Bonchev–Trinajstić information content (AvgIpc) is 2.16. The summed E-state index contributed by atoms with van der Waals surface area (Å²) < 4.78 is 0. The molecule has 1 N–H and O–H groups in total. The van der Waals surface area contributed by atoms with E-state index in [-0.39, 0.29) is 0 Å². The molecule has 0 fully saturated rings. The Hall–Kier alpha value is -2.36. The zero-order valence-electron chi connectivity index (χ0n) is 7.55. The molecule has 1 aliphatic rings. The molecule has 0 bridgehead atoms. The number of hydrogen-bond donors (Lipinski definition) is 1. The van der Waals surface area contributed by atoms with E-state index in [1.54, 1.807) is 0 Å². The smallest absolute Gasteiger partial charge is 0.321 e. The standard InChI is InChI=1S/C6H5N3O7/c10-6(9(15)16)3-1-2-4(7(11)12)5(6)8(13)14/h1-3,5,10H. The summed E-state index contributed by atoms with van der Waals surface area (Å²) in [5, 5.41) is 40.9. The minimum atomic E-state index is -3.10. The summed E-state index contributed by atoms with van der Waals surface area (Å²) in [7, 11) is 0. The van der Waals surface area contributed by atoms with Gasteiger partial charge in [0.1, 0.15) is 0 Å². The van der Waals surface area contributed by atoms with Crippen molar-refractivity contribution in [2.24, 2.45) is 0 Å². The summed E-state index contributed by atoms with van der Waals surface area (Å²) in [6.07, 6.45) is 2.11. The van der Waals surface area contributed by atoms with Crippen LogP contribution in [0, 0.1) is 30.3 Å². The van der Waals surface area contributed by atoms with E-state index in [4.69, 9.17) is 0 Å². The van der Waals surface area contributed by atoms with Crippen molar-refractivity contribution < 1.29 is 19.9 Å². The highest BCUT2D eigenvalue weighted by molar-refractivity contribution is 5.23. The maximum atomic E-state index is 10.6. The van der Waals surface area contributed by atoms with Gasteiger partial charge in [-0.2, -0.15) is 0 Å². The van der Waals surface area contributed by atoms with Crippen molar-refractivity contribution in [2.75, 3.05) is 0 Å². The van der Waals surface area contributed by atoms with Crippen LogP contribution in [0.4, 0.5) is 0 Å². The molecule has 0 amide bonds. The Labute approximate surface area is 86.9 Å². The summed E-state index contributed by atoms with van der Waals surface area (Å²) in [6.45, 7) is 0. The first-order valence-corrected chi connectivity index (χ1v) is 3.85. The van der Waals surface area contributed by atoms with Crippen molar-refractivity contribution in [1.82, 2.24) is 0 Å². The van der Waals surface area contributed by atoms with E-state index in [1.165, 1.54) is 0 Å². The normalized spacial score (nSPS) is 28.3. The van der Waals surface area contributed by atoms with Crippen LogP contribution >= 0.6 is 0 Å². The van der Waals surface area contributed by atoms with Crippen molar-refractivity contribution in [1.29, 1.82) is 0 Å². The SMILES string of the molecule is O=[N+]([O-])C1=CC=CC(O)([N+](=O)[O-])C1[N+](=O)[O-]. The summed E-state index contributed by atoms with van der Waals surface area (Å²) >= 11 is 0. The van der Waals surface area contributed by atoms with Gasteiger partial charge in [0.05, 0.1) is 9.85 Å². The molecule has 0 spiro atoms. The Morgan fingerprint density at radius 3 is 2.19 bits per heavy atom. The molecule has 0 aliphatic heterocycles. The predicted molar refractivity (Wildman–Crippen MR) is 46.9 cm³/mol. The lowest BCUT2D eigenvalue weighted by molar-refractivity contribution is -0.689. The van der Waals surface area contributed by atoms with Crippen LogP contribution in [0.25, 0.3) is 0 Å². The van der Waals surface area contributed by atoms with Crippen molar-refractivity contribution >= 4 is 0 Å². The minimum absolute atomic E-state index is 0.535. The third-order valence-electron chi connectivity index (χ3n) is 2.01. The van der Waals surface area contributed by atoms with Crippen molar-refractivity contribution in [3.63, 3.8) is 0 Å². The molecule has 2 atom stereocenters. The summed E-state index contributed by atoms with van der Waals surface area (Å²) in [5.41, 5.74) is -4.13. The fraction of sp³-hybridized carbons (Fsp3) is 0.333. The number of allylic oxidation sites excluding steroid dienone is 2. The van der Waals surface area contributed by atoms with Crippen LogP contribution in [-0.4, -0.2) is 31.6 Å². The Morgan fingerprint density at radius 1 is 1.25 bits per heavy atom. The van der Waals surface area contributed by atoms with E-state index in [9.17, 15) is 35.4 Å². The third kappa shape index (κ3) is 1.61. The molecule has 2 unspecified atom stereocenters. The van der Waals surface area contributed by atoms with E-state index in [1.807, 2.05) is 0 Å². The highest BCUT2D eigenvalue weighted by Gasteiger charge is 2.63. The van der Waals surface area contributed by atoms with E-state index >= 15 is 0 Å². The first-order valence-electron chi connectivity index (χ1n) is 3.85. The molecule has 16 heavy (non-hydrogen) atoms. The first-order chi connectivity index (χ1) is 7.30. The van der Waals surface area contributed by atoms with E-state index < -0.39 is 32.2 Å². The van der Waals surface area contributed by atoms with Gasteiger partial charge in [0.15, 0.2) is 0 Å². The molecule has 0 aromatic carbocycles. The first kappa shape index (κ1) is 11.7. The van der Waals surface area contributed by atoms with Gasteiger partial charge >= 0.3 is 17.5 Å². The average molecular weight is 231 g/mol. The largest absolute Gasteiger partial charge is 0.420 e. The van der Waals surface area contributed by atoms with Crippen LogP contribution in [0.5, 0.6) is 0 Å². The monoisotopic (exact) mass is 231 g/mol. The highest BCUT2D eigenvalue weighted by Crippen LogP contribution is 2.27. The topological polar surface area (TPSA) is 150 Å². The summed E-state index contributed by atoms with van der Waals surface area (Å²) in [6, 6.07) is -2.43. The van der Waals surface area contributed by atoms with Gasteiger partial charge in [0.25, 0.3) is 0 Å². The van der Waals surface area contributed by atoms with Gasteiger partial charge in [-0.25, -0.2) is 0 Å². The molecule has 0 aromatic heterocycles. The lowest BCUT2D eigenvalue weighted by atomic mass is 9.97. The minimum Gasteiger partial charge on any atom is -0.321 e. The number of hydrogen-bond acceptors (Lipinski definition) is 7. The second-order valence-corrected chi connectivity index (χ2v) is 2.94.